The Morgan fingerprint density at radius 3 is 2.50 bits per heavy atom. The first kappa shape index (κ1) is 15.4. The number of likely N-dealkylation sites (tertiary alicyclic amines) is 1. The molecular weight excluding hydrogens is 234 g/mol. The molecule has 0 aromatic heterocycles. The number of carbonyl (C=O) groups is 1. The topological polar surface area (TPSA) is 48.0 Å². The van der Waals surface area contributed by atoms with Crippen LogP contribution in [0.2, 0.25) is 0 Å². The van der Waals surface area contributed by atoms with Crippen molar-refractivity contribution in [2.75, 3.05) is 53.7 Å². The molecule has 0 bridgehead atoms. The first-order chi connectivity index (χ1) is 8.77. The van der Waals surface area contributed by atoms with E-state index in [1.807, 2.05) is 0 Å². The van der Waals surface area contributed by atoms with Crippen LogP contribution in [-0.4, -0.2) is 64.5 Å². The van der Waals surface area contributed by atoms with Gasteiger partial charge >= 0.3 is 5.97 Å². The van der Waals surface area contributed by atoms with Crippen molar-refractivity contribution in [3.8, 4) is 0 Å². The van der Waals surface area contributed by atoms with Crippen molar-refractivity contribution in [2.45, 2.75) is 19.3 Å². The Labute approximate surface area is 109 Å². The third-order valence-electron chi connectivity index (χ3n) is 3.31. The number of piperidine rings is 1. The van der Waals surface area contributed by atoms with Crippen molar-refractivity contribution in [1.82, 2.24) is 4.90 Å². The number of nitrogens with zero attached hydrogens (tertiary/aromatic N) is 1. The number of hydrogen-bond donors (Lipinski definition) is 0. The van der Waals surface area contributed by atoms with Crippen LogP contribution in [0.4, 0.5) is 0 Å². The Balaban J connectivity index is 2.00. The van der Waals surface area contributed by atoms with Crippen LogP contribution in [0.15, 0.2) is 0 Å². The van der Waals surface area contributed by atoms with E-state index in [9.17, 15) is 4.79 Å². The summed E-state index contributed by atoms with van der Waals surface area (Å²) in [4.78, 5) is 13.7. The Hall–Kier alpha value is -0.650. The van der Waals surface area contributed by atoms with E-state index >= 15 is 0 Å². The number of rotatable bonds is 8. The van der Waals surface area contributed by atoms with Gasteiger partial charge in [0, 0.05) is 26.9 Å². The van der Waals surface area contributed by atoms with Crippen molar-refractivity contribution in [2.24, 2.45) is 5.92 Å². The van der Waals surface area contributed by atoms with Crippen molar-refractivity contribution in [3.05, 3.63) is 0 Å². The van der Waals surface area contributed by atoms with E-state index in [4.69, 9.17) is 14.2 Å². The van der Waals surface area contributed by atoms with Crippen LogP contribution in [-0.2, 0) is 19.0 Å². The molecule has 1 saturated heterocycles. The van der Waals surface area contributed by atoms with Gasteiger partial charge in [0.25, 0.3) is 0 Å². The molecule has 0 radical (unpaired) electrons. The predicted octanol–water partition coefficient (Wildman–Crippen LogP) is 0.925. The van der Waals surface area contributed by atoms with Crippen LogP contribution in [0.5, 0.6) is 0 Å². The Bertz CT molecular complexity index is 227. The molecule has 1 fully saturated rings. The fourth-order valence-electron chi connectivity index (χ4n) is 2.16. The molecular formula is C13H25NO4. The Kier molecular flexibility index (Phi) is 7.96. The van der Waals surface area contributed by atoms with E-state index in [0.717, 1.165) is 58.7 Å². The van der Waals surface area contributed by atoms with Gasteiger partial charge in [0.15, 0.2) is 0 Å². The molecule has 5 heteroatoms. The molecule has 18 heavy (non-hydrogen) atoms. The predicted molar refractivity (Wildman–Crippen MR) is 68.5 cm³/mol. The van der Waals surface area contributed by atoms with Crippen molar-refractivity contribution >= 4 is 5.97 Å². The Morgan fingerprint density at radius 1 is 1.17 bits per heavy atom. The van der Waals surface area contributed by atoms with Gasteiger partial charge in [0.2, 0.25) is 0 Å². The van der Waals surface area contributed by atoms with Crippen LogP contribution in [0.3, 0.4) is 0 Å². The smallest absolute Gasteiger partial charge is 0.308 e. The molecule has 1 aliphatic rings. The molecule has 0 amide bonds. The lowest BCUT2D eigenvalue weighted by atomic mass is 9.97. The van der Waals surface area contributed by atoms with Crippen LogP contribution >= 0.6 is 0 Å². The van der Waals surface area contributed by atoms with Gasteiger partial charge in [0.05, 0.1) is 19.6 Å². The average Bonchev–Trinajstić information content (AvgIpc) is 2.42. The molecule has 0 aromatic rings. The summed E-state index contributed by atoms with van der Waals surface area (Å²) in [6.45, 7) is 5.13. The summed E-state index contributed by atoms with van der Waals surface area (Å²) < 4.78 is 15.2. The highest BCUT2D eigenvalue weighted by Gasteiger charge is 2.25. The normalized spacial score (nSPS) is 17.9. The molecule has 5 nitrogen and oxygen atoms in total. The lowest BCUT2D eigenvalue weighted by molar-refractivity contribution is -0.147. The standard InChI is InChI=1S/C13H25NO4/c1-16-9-3-10-18-11-8-14-6-4-12(5-7-14)13(15)17-2/h12H,3-11H2,1-2H3. The zero-order chi connectivity index (χ0) is 13.2. The van der Waals surface area contributed by atoms with Crippen LogP contribution in [0.25, 0.3) is 0 Å². The average molecular weight is 259 g/mol. The molecule has 0 spiro atoms. The molecule has 0 aliphatic carbocycles. The zero-order valence-corrected chi connectivity index (χ0v) is 11.5. The Morgan fingerprint density at radius 2 is 1.89 bits per heavy atom. The number of methoxy groups -OCH3 is 2. The number of hydrogen-bond acceptors (Lipinski definition) is 5. The second-order valence-corrected chi connectivity index (χ2v) is 4.60. The SMILES string of the molecule is COCCCOCCN1CCC(C(=O)OC)CC1. The van der Waals surface area contributed by atoms with Gasteiger partial charge in [0.1, 0.15) is 0 Å². The summed E-state index contributed by atoms with van der Waals surface area (Å²) in [5.41, 5.74) is 0. The first-order valence-corrected chi connectivity index (χ1v) is 6.64. The zero-order valence-electron chi connectivity index (χ0n) is 11.5. The van der Waals surface area contributed by atoms with E-state index in [0.29, 0.717) is 0 Å². The minimum Gasteiger partial charge on any atom is -0.469 e. The molecule has 0 N–H and O–H groups in total. The van der Waals surface area contributed by atoms with Gasteiger partial charge < -0.3 is 19.1 Å². The fourth-order valence-corrected chi connectivity index (χ4v) is 2.16. The minimum absolute atomic E-state index is 0.0644. The lowest BCUT2D eigenvalue weighted by Gasteiger charge is -2.30. The quantitative estimate of drug-likeness (QED) is 0.479. The second kappa shape index (κ2) is 9.30. The fraction of sp³-hybridized carbons (Fsp3) is 0.923. The van der Waals surface area contributed by atoms with Gasteiger partial charge in [-0.25, -0.2) is 0 Å². The first-order valence-electron chi connectivity index (χ1n) is 6.64. The maximum atomic E-state index is 11.4. The van der Waals surface area contributed by atoms with Crippen LogP contribution < -0.4 is 0 Å². The number of esters is 1. The molecule has 106 valence electrons. The molecule has 0 saturated carbocycles. The molecule has 0 unspecified atom stereocenters. The van der Waals surface area contributed by atoms with Crippen molar-refractivity contribution in [3.63, 3.8) is 0 Å². The summed E-state index contributed by atoms with van der Waals surface area (Å²) in [7, 11) is 3.16. The molecule has 0 aromatic carbocycles. The van der Waals surface area contributed by atoms with Gasteiger partial charge in [-0.1, -0.05) is 0 Å². The van der Waals surface area contributed by atoms with Gasteiger partial charge in [-0.3, -0.25) is 4.79 Å². The number of carbonyl (C=O) groups excluding carboxylic acids is 1. The van der Waals surface area contributed by atoms with Crippen molar-refractivity contribution in [1.29, 1.82) is 0 Å². The van der Waals surface area contributed by atoms with Gasteiger partial charge in [-0.05, 0) is 32.4 Å². The monoisotopic (exact) mass is 259 g/mol. The third-order valence-corrected chi connectivity index (χ3v) is 3.31. The van der Waals surface area contributed by atoms with E-state index < -0.39 is 0 Å². The molecule has 0 atom stereocenters. The summed E-state index contributed by atoms with van der Waals surface area (Å²) >= 11 is 0. The summed E-state index contributed by atoms with van der Waals surface area (Å²) in [5, 5.41) is 0. The van der Waals surface area contributed by atoms with E-state index in [-0.39, 0.29) is 11.9 Å². The van der Waals surface area contributed by atoms with E-state index in [1.165, 1.54) is 7.11 Å². The lowest BCUT2D eigenvalue weighted by Crippen LogP contribution is -2.38. The maximum absolute atomic E-state index is 11.4. The molecule has 1 rings (SSSR count). The minimum atomic E-state index is -0.0644. The second-order valence-electron chi connectivity index (χ2n) is 4.60. The van der Waals surface area contributed by atoms with Crippen LogP contribution in [0.1, 0.15) is 19.3 Å². The third kappa shape index (κ3) is 5.80. The largest absolute Gasteiger partial charge is 0.469 e. The van der Waals surface area contributed by atoms with E-state index in [2.05, 4.69) is 4.90 Å². The highest BCUT2D eigenvalue weighted by atomic mass is 16.5. The molecule has 1 heterocycles. The van der Waals surface area contributed by atoms with Crippen LogP contribution in [0, 0.1) is 5.92 Å². The molecule has 1 aliphatic heterocycles. The number of ether oxygens (including phenoxy) is 3. The summed E-state index contributed by atoms with van der Waals surface area (Å²) in [6, 6.07) is 0. The van der Waals surface area contributed by atoms with E-state index in [1.54, 1.807) is 7.11 Å². The van der Waals surface area contributed by atoms with Crippen molar-refractivity contribution < 1.29 is 19.0 Å². The maximum Gasteiger partial charge on any atom is 0.308 e. The van der Waals surface area contributed by atoms with Gasteiger partial charge in [-0.15, -0.1) is 0 Å². The summed E-state index contributed by atoms with van der Waals surface area (Å²) in [5.74, 6) is 0.0272. The summed E-state index contributed by atoms with van der Waals surface area (Å²) in [6.07, 6.45) is 2.74. The highest BCUT2D eigenvalue weighted by Crippen LogP contribution is 2.17. The van der Waals surface area contributed by atoms with Gasteiger partial charge in [-0.2, -0.15) is 0 Å². The highest BCUT2D eigenvalue weighted by molar-refractivity contribution is 5.72.